The number of methoxy groups -OCH3 is 1. The van der Waals surface area contributed by atoms with Crippen molar-refractivity contribution in [2.75, 3.05) is 33.9 Å². The number of piperidine rings is 1. The van der Waals surface area contributed by atoms with Crippen molar-refractivity contribution in [2.24, 2.45) is 5.41 Å². The summed E-state index contributed by atoms with van der Waals surface area (Å²) in [5.74, 6) is 0.114. The number of carbonyl (C=O) groups excluding carboxylic acids is 1. The van der Waals surface area contributed by atoms with Crippen LogP contribution >= 0.6 is 0 Å². The Labute approximate surface area is 152 Å². The second kappa shape index (κ2) is 9.32. The van der Waals surface area contributed by atoms with Crippen LogP contribution in [0.25, 0.3) is 0 Å². The summed E-state index contributed by atoms with van der Waals surface area (Å²) >= 11 is 0. The Bertz CT molecular complexity index is 548. The van der Waals surface area contributed by atoms with Gasteiger partial charge in [-0.15, -0.1) is 0 Å². The fourth-order valence-electron chi connectivity index (χ4n) is 3.32. The lowest BCUT2D eigenvalue weighted by Crippen LogP contribution is -2.50. The smallest absolute Gasteiger partial charge is 0.228 e. The lowest BCUT2D eigenvalue weighted by atomic mass is 9.78. The molecule has 1 amide bonds. The first-order valence-corrected chi connectivity index (χ1v) is 9.23. The average Bonchev–Trinajstić information content (AvgIpc) is 2.61. The van der Waals surface area contributed by atoms with Gasteiger partial charge in [-0.1, -0.05) is 24.3 Å². The van der Waals surface area contributed by atoms with Gasteiger partial charge in [0.05, 0.1) is 12.0 Å². The van der Waals surface area contributed by atoms with Gasteiger partial charge in [-0.05, 0) is 58.0 Å². The van der Waals surface area contributed by atoms with E-state index in [4.69, 9.17) is 4.74 Å². The van der Waals surface area contributed by atoms with Crippen LogP contribution in [0.15, 0.2) is 24.3 Å². The highest BCUT2D eigenvalue weighted by Crippen LogP contribution is 2.29. The van der Waals surface area contributed by atoms with Gasteiger partial charge in [0.25, 0.3) is 0 Å². The van der Waals surface area contributed by atoms with E-state index in [1.807, 2.05) is 6.07 Å². The van der Waals surface area contributed by atoms with Gasteiger partial charge in [-0.3, -0.25) is 9.69 Å². The zero-order valence-corrected chi connectivity index (χ0v) is 16.1. The maximum absolute atomic E-state index is 12.9. The number of hydrogen-bond acceptors (Lipinski definition) is 4. The molecule has 0 saturated carbocycles. The molecule has 0 atom stereocenters. The molecule has 5 heteroatoms. The highest BCUT2D eigenvalue weighted by Gasteiger charge is 2.39. The number of benzene rings is 1. The summed E-state index contributed by atoms with van der Waals surface area (Å²) in [6, 6.07) is 8.84. The fraction of sp³-hybridized carbons (Fsp3) is 0.650. The molecular formula is C20H33N3O2. The Morgan fingerprint density at radius 2 is 1.92 bits per heavy atom. The predicted molar refractivity (Wildman–Crippen MR) is 101 cm³/mol. The van der Waals surface area contributed by atoms with Crippen molar-refractivity contribution in [3.05, 3.63) is 35.4 Å². The van der Waals surface area contributed by atoms with Crippen LogP contribution in [0.4, 0.5) is 0 Å². The van der Waals surface area contributed by atoms with E-state index in [-0.39, 0.29) is 5.91 Å². The quantitative estimate of drug-likeness (QED) is 0.757. The minimum Gasteiger partial charge on any atom is -0.384 e. The van der Waals surface area contributed by atoms with Crippen LogP contribution in [0.2, 0.25) is 0 Å². The molecule has 2 N–H and O–H groups in total. The van der Waals surface area contributed by atoms with E-state index >= 15 is 0 Å². The molecule has 1 aliphatic heterocycles. The van der Waals surface area contributed by atoms with E-state index in [1.165, 1.54) is 11.1 Å². The third-order valence-corrected chi connectivity index (χ3v) is 5.32. The molecule has 1 aliphatic rings. The molecule has 1 fully saturated rings. The molecule has 0 bridgehead atoms. The Kier molecular flexibility index (Phi) is 7.41. The molecule has 2 rings (SSSR count). The number of hydrogen-bond donors (Lipinski definition) is 2. The highest BCUT2D eigenvalue weighted by atomic mass is 16.5. The van der Waals surface area contributed by atoms with E-state index in [1.54, 1.807) is 7.11 Å². The maximum atomic E-state index is 12.9. The first-order valence-electron chi connectivity index (χ1n) is 9.23. The van der Waals surface area contributed by atoms with Crippen LogP contribution in [0.5, 0.6) is 0 Å². The molecule has 25 heavy (non-hydrogen) atoms. The lowest BCUT2D eigenvalue weighted by Gasteiger charge is -2.35. The summed E-state index contributed by atoms with van der Waals surface area (Å²) in [5.41, 5.74) is 2.05. The predicted octanol–water partition coefficient (Wildman–Crippen LogP) is 2.16. The molecule has 0 aliphatic carbocycles. The van der Waals surface area contributed by atoms with Gasteiger partial charge in [-0.2, -0.15) is 0 Å². The fourth-order valence-corrected chi connectivity index (χ4v) is 3.32. The van der Waals surface area contributed by atoms with Crippen molar-refractivity contribution in [2.45, 2.75) is 45.8 Å². The van der Waals surface area contributed by atoms with Gasteiger partial charge < -0.3 is 15.4 Å². The Hall–Kier alpha value is -1.43. The van der Waals surface area contributed by atoms with Gasteiger partial charge in [0, 0.05) is 26.2 Å². The summed E-state index contributed by atoms with van der Waals surface area (Å²) in [7, 11) is 3.80. The van der Waals surface area contributed by atoms with Gasteiger partial charge >= 0.3 is 0 Å². The van der Waals surface area contributed by atoms with Crippen molar-refractivity contribution in [3.63, 3.8) is 0 Å². The number of nitrogens with zero attached hydrogens (tertiary/aromatic N) is 1. The third-order valence-electron chi connectivity index (χ3n) is 5.32. The van der Waals surface area contributed by atoms with Gasteiger partial charge in [-0.25, -0.2) is 0 Å². The Morgan fingerprint density at radius 1 is 1.28 bits per heavy atom. The first-order chi connectivity index (χ1) is 12.0. The third kappa shape index (κ3) is 5.27. The summed E-state index contributed by atoms with van der Waals surface area (Å²) < 4.78 is 5.37. The van der Waals surface area contributed by atoms with E-state index in [0.717, 1.165) is 32.5 Å². The molecule has 1 aromatic carbocycles. The molecule has 0 aromatic heterocycles. The lowest BCUT2D eigenvalue weighted by molar-refractivity contribution is -0.136. The SMILES string of the molecule is COCC1(C(=O)NCc2ccccc2CN(C)C(C)C)CCNCC1. The minimum atomic E-state index is -0.399. The van der Waals surface area contributed by atoms with E-state index in [0.29, 0.717) is 19.2 Å². The van der Waals surface area contributed by atoms with E-state index in [9.17, 15) is 4.79 Å². The van der Waals surface area contributed by atoms with Crippen molar-refractivity contribution in [1.82, 2.24) is 15.5 Å². The monoisotopic (exact) mass is 347 g/mol. The van der Waals surface area contributed by atoms with Gasteiger partial charge in [0.1, 0.15) is 0 Å². The molecule has 140 valence electrons. The van der Waals surface area contributed by atoms with Crippen LogP contribution in [0, 0.1) is 5.41 Å². The van der Waals surface area contributed by atoms with Crippen LogP contribution in [0.1, 0.15) is 37.8 Å². The topological polar surface area (TPSA) is 53.6 Å². The normalized spacial score (nSPS) is 17.0. The number of carbonyl (C=O) groups is 1. The maximum Gasteiger partial charge on any atom is 0.228 e. The molecule has 0 radical (unpaired) electrons. The number of rotatable bonds is 8. The number of ether oxygens (including phenoxy) is 1. The van der Waals surface area contributed by atoms with Crippen LogP contribution in [0.3, 0.4) is 0 Å². The summed E-state index contributed by atoms with van der Waals surface area (Å²) in [5, 5.41) is 6.50. The Morgan fingerprint density at radius 3 is 2.52 bits per heavy atom. The van der Waals surface area contributed by atoms with E-state index in [2.05, 4.69) is 54.6 Å². The molecule has 1 saturated heterocycles. The van der Waals surface area contributed by atoms with Crippen molar-refractivity contribution in [3.8, 4) is 0 Å². The standard InChI is InChI=1S/C20H33N3O2/c1-16(2)23(3)14-18-8-6-5-7-17(18)13-22-19(24)20(15-25-4)9-11-21-12-10-20/h5-8,16,21H,9-15H2,1-4H3,(H,22,24). The molecule has 0 unspecified atom stereocenters. The summed E-state index contributed by atoms with van der Waals surface area (Å²) in [6.07, 6.45) is 1.65. The molecule has 1 heterocycles. The minimum absolute atomic E-state index is 0.114. The summed E-state index contributed by atoms with van der Waals surface area (Å²) in [6.45, 7) is 8.06. The zero-order chi connectivity index (χ0) is 18.3. The molecule has 0 spiro atoms. The largest absolute Gasteiger partial charge is 0.384 e. The zero-order valence-electron chi connectivity index (χ0n) is 16.1. The van der Waals surface area contributed by atoms with Crippen LogP contribution in [-0.2, 0) is 22.6 Å². The second-order valence-corrected chi connectivity index (χ2v) is 7.42. The van der Waals surface area contributed by atoms with Crippen molar-refractivity contribution >= 4 is 5.91 Å². The van der Waals surface area contributed by atoms with Gasteiger partial charge in [0.2, 0.25) is 5.91 Å². The molecule has 5 nitrogen and oxygen atoms in total. The van der Waals surface area contributed by atoms with Gasteiger partial charge in [0.15, 0.2) is 0 Å². The van der Waals surface area contributed by atoms with Crippen LogP contribution in [-0.4, -0.2) is 50.7 Å². The van der Waals surface area contributed by atoms with Crippen molar-refractivity contribution in [1.29, 1.82) is 0 Å². The number of nitrogens with one attached hydrogen (secondary N) is 2. The Balaban J connectivity index is 2.03. The summed E-state index contributed by atoms with van der Waals surface area (Å²) in [4.78, 5) is 15.2. The molecule has 1 aromatic rings. The first kappa shape index (κ1) is 19.9. The van der Waals surface area contributed by atoms with Crippen molar-refractivity contribution < 1.29 is 9.53 Å². The average molecular weight is 348 g/mol. The van der Waals surface area contributed by atoms with E-state index < -0.39 is 5.41 Å². The second-order valence-electron chi connectivity index (χ2n) is 7.42. The van der Waals surface area contributed by atoms with Crippen LogP contribution < -0.4 is 10.6 Å². The molecular weight excluding hydrogens is 314 g/mol. The number of amides is 1. The highest BCUT2D eigenvalue weighted by molar-refractivity contribution is 5.83.